The average molecular weight is 285 g/mol. The molecule has 1 aromatic heterocycles. The Kier molecular flexibility index (Phi) is 4.68. The number of aromatic nitrogens is 2. The van der Waals surface area contributed by atoms with Gasteiger partial charge < -0.3 is 10.5 Å². The molecule has 2 aromatic rings. The Morgan fingerprint density at radius 3 is 2.81 bits per heavy atom. The van der Waals surface area contributed by atoms with Gasteiger partial charge in [0, 0.05) is 11.8 Å². The zero-order valence-corrected chi connectivity index (χ0v) is 12.3. The van der Waals surface area contributed by atoms with Gasteiger partial charge in [0.1, 0.15) is 0 Å². The Morgan fingerprint density at radius 2 is 2.00 bits per heavy atom. The van der Waals surface area contributed by atoms with E-state index in [1.165, 1.54) is 19.3 Å². The normalized spacial score (nSPS) is 21.8. The molecule has 0 saturated heterocycles. The maximum atomic E-state index is 5.88. The van der Waals surface area contributed by atoms with E-state index < -0.39 is 0 Å². The second-order valence-corrected chi connectivity index (χ2v) is 5.83. The van der Waals surface area contributed by atoms with Crippen molar-refractivity contribution in [2.24, 2.45) is 17.6 Å². The average Bonchev–Trinajstić information content (AvgIpc) is 3.17. The van der Waals surface area contributed by atoms with Crippen LogP contribution in [0.1, 0.15) is 24.8 Å². The highest BCUT2D eigenvalue weighted by Gasteiger charge is 2.25. The molecule has 21 heavy (non-hydrogen) atoms. The molecule has 0 bridgehead atoms. The van der Waals surface area contributed by atoms with Gasteiger partial charge in [-0.05, 0) is 43.4 Å². The van der Waals surface area contributed by atoms with Gasteiger partial charge in [0.2, 0.25) is 0 Å². The summed E-state index contributed by atoms with van der Waals surface area (Å²) in [6.45, 7) is 2.24. The second-order valence-electron chi connectivity index (χ2n) is 5.83. The Morgan fingerprint density at radius 1 is 1.19 bits per heavy atom. The van der Waals surface area contributed by atoms with Crippen molar-refractivity contribution in [1.82, 2.24) is 9.78 Å². The van der Waals surface area contributed by atoms with E-state index in [9.17, 15) is 0 Å². The van der Waals surface area contributed by atoms with Crippen LogP contribution in [0, 0.1) is 11.8 Å². The summed E-state index contributed by atoms with van der Waals surface area (Å²) < 4.78 is 7.76. The molecule has 1 aliphatic rings. The van der Waals surface area contributed by atoms with Crippen LogP contribution in [0.4, 0.5) is 0 Å². The molecule has 112 valence electrons. The Bertz CT molecular complexity index is 552. The van der Waals surface area contributed by atoms with Gasteiger partial charge in [-0.2, -0.15) is 5.10 Å². The molecule has 1 aliphatic carbocycles. The van der Waals surface area contributed by atoms with Gasteiger partial charge in [0.05, 0.1) is 25.1 Å². The molecule has 4 heteroatoms. The lowest BCUT2D eigenvalue weighted by Crippen LogP contribution is -2.22. The van der Waals surface area contributed by atoms with Crippen molar-refractivity contribution in [3.05, 3.63) is 48.3 Å². The molecule has 2 N–H and O–H groups in total. The van der Waals surface area contributed by atoms with Crippen molar-refractivity contribution >= 4 is 0 Å². The van der Waals surface area contributed by atoms with Gasteiger partial charge in [-0.1, -0.05) is 24.6 Å². The summed E-state index contributed by atoms with van der Waals surface area (Å²) in [6.07, 6.45) is 7.72. The third kappa shape index (κ3) is 3.52. The Hall–Kier alpha value is -1.65. The molecular weight excluding hydrogens is 262 g/mol. The lowest BCUT2D eigenvalue weighted by Gasteiger charge is -2.17. The maximum absolute atomic E-state index is 5.88. The van der Waals surface area contributed by atoms with Crippen LogP contribution >= 0.6 is 0 Å². The smallest absolute Gasteiger partial charge is 0.0747 e. The highest BCUT2D eigenvalue weighted by Crippen LogP contribution is 2.31. The Balaban J connectivity index is 1.51. The molecule has 4 nitrogen and oxygen atoms in total. The van der Waals surface area contributed by atoms with E-state index in [0.29, 0.717) is 18.4 Å². The van der Waals surface area contributed by atoms with Gasteiger partial charge in [-0.3, -0.25) is 0 Å². The fourth-order valence-corrected chi connectivity index (χ4v) is 3.13. The molecule has 0 amide bonds. The van der Waals surface area contributed by atoms with E-state index in [4.69, 9.17) is 10.5 Å². The van der Waals surface area contributed by atoms with Gasteiger partial charge in [0.15, 0.2) is 0 Å². The summed E-state index contributed by atoms with van der Waals surface area (Å²) in [7, 11) is 0. The number of nitrogens with zero attached hydrogens (tertiary/aromatic N) is 2. The number of benzene rings is 1. The molecule has 2 unspecified atom stereocenters. The fraction of sp³-hybridized carbons (Fsp3) is 0.471. The maximum Gasteiger partial charge on any atom is 0.0747 e. The van der Waals surface area contributed by atoms with Crippen LogP contribution in [0.5, 0.6) is 0 Å². The van der Waals surface area contributed by atoms with Gasteiger partial charge >= 0.3 is 0 Å². The first-order valence-electron chi connectivity index (χ1n) is 7.73. The highest BCUT2D eigenvalue weighted by atomic mass is 16.5. The third-order valence-corrected chi connectivity index (χ3v) is 4.38. The van der Waals surface area contributed by atoms with E-state index in [2.05, 4.69) is 5.10 Å². The van der Waals surface area contributed by atoms with Crippen molar-refractivity contribution in [3.63, 3.8) is 0 Å². The number of ether oxygens (including phenoxy) is 1. The number of hydrogen-bond donors (Lipinski definition) is 1. The molecular formula is C17H23N3O. The van der Waals surface area contributed by atoms with Crippen molar-refractivity contribution < 1.29 is 4.74 Å². The summed E-state index contributed by atoms with van der Waals surface area (Å²) in [6, 6.07) is 10.1. The first kappa shape index (κ1) is 14.3. The second kappa shape index (κ2) is 6.87. The molecule has 1 saturated carbocycles. The number of para-hydroxylation sites is 1. The summed E-state index contributed by atoms with van der Waals surface area (Å²) >= 11 is 0. The predicted octanol–water partition coefficient (Wildman–Crippen LogP) is 2.76. The molecule has 0 radical (unpaired) electrons. The molecule has 0 aliphatic heterocycles. The van der Waals surface area contributed by atoms with Crippen LogP contribution in [0.25, 0.3) is 5.69 Å². The van der Waals surface area contributed by atoms with Crippen molar-refractivity contribution in [2.45, 2.75) is 25.9 Å². The largest absolute Gasteiger partial charge is 0.376 e. The zero-order chi connectivity index (χ0) is 14.5. The summed E-state index contributed by atoms with van der Waals surface area (Å²) in [5.41, 5.74) is 7.99. The molecule has 1 aromatic carbocycles. The standard InChI is InChI=1S/C17H23N3O/c18-9-15-5-4-6-16(15)13-21-12-14-10-19-20(11-14)17-7-2-1-3-8-17/h1-3,7-8,10-11,15-16H,4-6,9,12-13,18H2. The van der Waals surface area contributed by atoms with Gasteiger partial charge in [-0.15, -0.1) is 0 Å². The van der Waals surface area contributed by atoms with Crippen molar-refractivity contribution in [1.29, 1.82) is 0 Å². The Labute approximate surface area is 125 Å². The number of rotatable bonds is 6. The minimum Gasteiger partial charge on any atom is -0.376 e. The van der Waals surface area contributed by atoms with Crippen LogP contribution in [0.15, 0.2) is 42.7 Å². The SMILES string of the molecule is NCC1CCCC1COCc1cnn(-c2ccccc2)c1. The van der Waals surface area contributed by atoms with Crippen LogP contribution in [0.2, 0.25) is 0 Å². The molecule has 1 fully saturated rings. The first-order valence-corrected chi connectivity index (χ1v) is 7.73. The van der Waals surface area contributed by atoms with Gasteiger partial charge in [-0.25, -0.2) is 4.68 Å². The molecule has 1 heterocycles. The summed E-state index contributed by atoms with van der Waals surface area (Å²) in [5.74, 6) is 1.29. The van der Waals surface area contributed by atoms with Crippen molar-refractivity contribution in [2.75, 3.05) is 13.2 Å². The molecule has 2 atom stereocenters. The fourth-order valence-electron chi connectivity index (χ4n) is 3.13. The topological polar surface area (TPSA) is 53.1 Å². The van der Waals surface area contributed by atoms with E-state index >= 15 is 0 Å². The summed E-state index contributed by atoms with van der Waals surface area (Å²) in [4.78, 5) is 0. The number of hydrogen-bond acceptors (Lipinski definition) is 3. The monoisotopic (exact) mass is 285 g/mol. The van der Waals surface area contributed by atoms with Crippen LogP contribution in [-0.4, -0.2) is 22.9 Å². The van der Waals surface area contributed by atoms with Gasteiger partial charge in [0.25, 0.3) is 0 Å². The zero-order valence-electron chi connectivity index (χ0n) is 12.3. The first-order chi connectivity index (χ1) is 10.4. The minimum atomic E-state index is 0.626. The van der Waals surface area contributed by atoms with Crippen LogP contribution in [-0.2, 0) is 11.3 Å². The highest BCUT2D eigenvalue weighted by molar-refractivity contribution is 5.30. The van der Waals surface area contributed by atoms with E-state index in [-0.39, 0.29) is 0 Å². The van der Waals surface area contributed by atoms with E-state index in [0.717, 1.165) is 24.4 Å². The lowest BCUT2D eigenvalue weighted by molar-refractivity contribution is 0.0753. The van der Waals surface area contributed by atoms with E-state index in [1.54, 1.807) is 0 Å². The van der Waals surface area contributed by atoms with Crippen LogP contribution < -0.4 is 5.73 Å². The van der Waals surface area contributed by atoms with Crippen molar-refractivity contribution in [3.8, 4) is 5.69 Å². The summed E-state index contributed by atoms with van der Waals surface area (Å²) in [5, 5.41) is 4.38. The molecule has 3 rings (SSSR count). The minimum absolute atomic E-state index is 0.626. The predicted molar refractivity (Wildman–Crippen MR) is 83.1 cm³/mol. The lowest BCUT2D eigenvalue weighted by atomic mass is 9.97. The third-order valence-electron chi connectivity index (χ3n) is 4.38. The van der Waals surface area contributed by atoms with Crippen LogP contribution in [0.3, 0.4) is 0 Å². The van der Waals surface area contributed by atoms with E-state index in [1.807, 2.05) is 47.4 Å². The quantitative estimate of drug-likeness (QED) is 0.888. The number of nitrogens with two attached hydrogens (primary N) is 1. The molecule has 0 spiro atoms.